The molecule has 1 aliphatic rings. The molecule has 138 valence electrons. The molecule has 25 heavy (non-hydrogen) atoms. The number of likely N-dealkylation sites (N-methyl/N-ethyl adjacent to an activating group) is 1. The van der Waals surface area contributed by atoms with Crippen LogP contribution >= 0.6 is 0 Å². The number of aryl methyl sites for hydroxylation is 1. The van der Waals surface area contributed by atoms with Gasteiger partial charge in [0.1, 0.15) is 0 Å². The summed E-state index contributed by atoms with van der Waals surface area (Å²) in [5.41, 5.74) is 0.658. The van der Waals surface area contributed by atoms with Gasteiger partial charge in [0.05, 0.1) is 16.8 Å². The van der Waals surface area contributed by atoms with Gasteiger partial charge in [-0.3, -0.25) is 4.79 Å². The molecule has 1 aromatic carbocycles. The lowest BCUT2D eigenvalue weighted by atomic mass is 9.78. The molecule has 6 heteroatoms. The highest BCUT2D eigenvalue weighted by atomic mass is 16.7. The zero-order valence-electron chi connectivity index (χ0n) is 16.6. The molecule has 1 aliphatic heterocycles. The number of amides is 1. The molecule has 2 rings (SSSR count). The van der Waals surface area contributed by atoms with Gasteiger partial charge in [-0.05, 0) is 65.6 Å². The standard InChI is InChI=1S/C19H30BNO4/c1-13-11-14(20-24-18(4,5)19(6,7)25-20)9-10-15(13)16(22)21(8)12-17(2,3)23/h9-11,23H,12H2,1-8H3. The van der Waals surface area contributed by atoms with E-state index in [9.17, 15) is 9.90 Å². The van der Waals surface area contributed by atoms with E-state index in [1.54, 1.807) is 27.0 Å². The van der Waals surface area contributed by atoms with E-state index in [1.807, 2.05) is 46.8 Å². The lowest BCUT2D eigenvalue weighted by Crippen LogP contribution is -2.41. The predicted octanol–water partition coefficient (Wildman–Crippen LogP) is 2.14. The topological polar surface area (TPSA) is 59.0 Å². The predicted molar refractivity (Wildman–Crippen MR) is 100 cm³/mol. The van der Waals surface area contributed by atoms with Crippen LogP contribution in [0.1, 0.15) is 57.5 Å². The fourth-order valence-corrected chi connectivity index (χ4v) is 2.91. The number of hydrogen-bond acceptors (Lipinski definition) is 4. The number of carbonyl (C=O) groups is 1. The minimum absolute atomic E-state index is 0.111. The summed E-state index contributed by atoms with van der Waals surface area (Å²) in [6, 6.07) is 5.62. The van der Waals surface area contributed by atoms with Crippen LogP contribution in [0, 0.1) is 6.92 Å². The Kier molecular flexibility index (Phi) is 5.12. The average Bonchev–Trinajstić information content (AvgIpc) is 2.64. The first-order chi connectivity index (χ1) is 11.2. The van der Waals surface area contributed by atoms with Gasteiger partial charge in [-0.2, -0.15) is 0 Å². The Morgan fingerprint density at radius 2 is 1.72 bits per heavy atom. The van der Waals surface area contributed by atoms with Crippen molar-refractivity contribution in [2.45, 2.75) is 65.3 Å². The van der Waals surface area contributed by atoms with Gasteiger partial charge in [0.15, 0.2) is 0 Å². The van der Waals surface area contributed by atoms with Gasteiger partial charge in [0, 0.05) is 19.2 Å². The Morgan fingerprint density at radius 3 is 2.16 bits per heavy atom. The second-order valence-electron chi connectivity index (χ2n) is 8.64. The van der Waals surface area contributed by atoms with Gasteiger partial charge >= 0.3 is 7.12 Å². The van der Waals surface area contributed by atoms with Crippen molar-refractivity contribution in [3.8, 4) is 0 Å². The summed E-state index contributed by atoms with van der Waals surface area (Å²) >= 11 is 0. The molecule has 1 aromatic rings. The number of nitrogens with zero attached hydrogens (tertiary/aromatic N) is 1. The van der Waals surface area contributed by atoms with E-state index >= 15 is 0 Å². The third-order valence-corrected chi connectivity index (χ3v) is 4.98. The van der Waals surface area contributed by atoms with Crippen molar-refractivity contribution in [3.63, 3.8) is 0 Å². The lowest BCUT2D eigenvalue weighted by molar-refractivity contribution is 0.00578. The maximum Gasteiger partial charge on any atom is 0.494 e. The molecule has 0 spiro atoms. The Hall–Kier alpha value is -1.37. The molecule has 0 radical (unpaired) electrons. The highest BCUT2D eigenvalue weighted by Crippen LogP contribution is 2.36. The van der Waals surface area contributed by atoms with Crippen LogP contribution in [0.2, 0.25) is 0 Å². The zero-order valence-corrected chi connectivity index (χ0v) is 16.6. The monoisotopic (exact) mass is 347 g/mol. The van der Waals surface area contributed by atoms with Crippen molar-refractivity contribution in [2.24, 2.45) is 0 Å². The van der Waals surface area contributed by atoms with E-state index in [-0.39, 0.29) is 12.5 Å². The maximum absolute atomic E-state index is 12.6. The van der Waals surface area contributed by atoms with Crippen LogP contribution in [-0.2, 0) is 9.31 Å². The van der Waals surface area contributed by atoms with Gasteiger partial charge in [-0.15, -0.1) is 0 Å². The summed E-state index contributed by atoms with van der Waals surface area (Å²) < 4.78 is 12.1. The number of benzene rings is 1. The average molecular weight is 347 g/mol. The third kappa shape index (κ3) is 4.25. The van der Waals surface area contributed by atoms with E-state index in [4.69, 9.17) is 9.31 Å². The SMILES string of the molecule is Cc1cc(B2OC(C)(C)C(C)(C)O2)ccc1C(=O)N(C)CC(C)(C)O. The molecule has 1 amide bonds. The Bertz CT molecular complexity index is 648. The second-order valence-corrected chi connectivity index (χ2v) is 8.64. The summed E-state index contributed by atoms with van der Waals surface area (Å²) in [5.74, 6) is -0.111. The number of aliphatic hydroxyl groups is 1. The second kappa shape index (κ2) is 6.42. The van der Waals surface area contributed by atoms with Crippen LogP contribution in [-0.4, -0.2) is 53.4 Å². The van der Waals surface area contributed by atoms with Crippen molar-refractivity contribution in [1.82, 2.24) is 4.90 Å². The summed E-state index contributed by atoms with van der Waals surface area (Å²) in [4.78, 5) is 14.2. The molecule has 0 aromatic heterocycles. The third-order valence-electron chi connectivity index (χ3n) is 4.98. The van der Waals surface area contributed by atoms with E-state index in [2.05, 4.69) is 0 Å². The normalized spacial score (nSPS) is 19.2. The maximum atomic E-state index is 12.6. The van der Waals surface area contributed by atoms with Gasteiger partial charge in [-0.1, -0.05) is 12.1 Å². The fourth-order valence-electron chi connectivity index (χ4n) is 2.91. The van der Waals surface area contributed by atoms with E-state index in [0.717, 1.165) is 11.0 Å². The Balaban J connectivity index is 2.21. The molecule has 1 heterocycles. The van der Waals surface area contributed by atoms with Crippen molar-refractivity contribution in [3.05, 3.63) is 29.3 Å². The molecule has 0 atom stereocenters. The quantitative estimate of drug-likeness (QED) is 0.848. The van der Waals surface area contributed by atoms with Crippen molar-refractivity contribution >= 4 is 18.5 Å². The van der Waals surface area contributed by atoms with Crippen LogP contribution in [0.15, 0.2) is 18.2 Å². The molecular weight excluding hydrogens is 317 g/mol. The van der Waals surface area contributed by atoms with Gasteiger partial charge in [-0.25, -0.2) is 0 Å². The molecule has 0 aliphatic carbocycles. The Labute approximate surface area is 151 Å². The van der Waals surface area contributed by atoms with Crippen molar-refractivity contribution < 1.29 is 19.2 Å². The first-order valence-electron chi connectivity index (χ1n) is 8.67. The molecule has 0 saturated carbocycles. The van der Waals surface area contributed by atoms with Gasteiger partial charge in [0.25, 0.3) is 5.91 Å². The minimum atomic E-state index is -0.930. The molecule has 5 nitrogen and oxygen atoms in total. The number of hydrogen-bond donors (Lipinski definition) is 1. The molecule has 0 bridgehead atoms. The van der Waals surface area contributed by atoms with E-state index in [1.165, 1.54) is 4.90 Å². The molecule has 1 N–H and O–H groups in total. The largest absolute Gasteiger partial charge is 0.494 e. The summed E-state index contributed by atoms with van der Waals surface area (Å²) in [7, 11) is 1.25. The number of rotatable bonds is 4. The Morgan fingerprint density at radius 1 is 1.20 bits per heavy atom. The smallest absolute Gasteiger partial charge is 0.399 e. The first-order valence-corrected chi connectivity index (χ1v) is 8.67. The van der Waals surface area contributed by atoms with Gasteiger partial charge in [0.2, 0.25) is 0 Å². The van der Waals surface area contributed by atoms with Crippen LogP contribution in [0.3, 0.4) is 0 Å². The van der Waals surface area contributed by atoms with Crippen LogP contribution in [0.25, 0.3) is 0 Å². The summed E-state index contributed by atoms with van der Waals surface area (Å²) in [6.45, 7) is 13.6. The molecule has 1 saturated heterocycles. The van der Waals surface area contributed by atoms with E-state index in [0.29, 0.717) is 5.56 Å². The van der Waals surface area contributed by atoms with Gasteiger partial charge < -0.3 is 19.3 Å². The minimum Gasteiger partial charge on any atom is -0.399 e. The first kappa shape index (κ1) is 20.0. The summed E-state index contributed by atoms with van der Waals surface area (Å²) in [5, 5.41) is 9.91. The van der Waals surface area contributed by atoms with Crippen LogP contribution in [0.5, 0.6) is 0 Å². The summed E-state index contributed by atoms with van der Waals surface area (Å²) in [6.07, 6.45) is 0. The highest BCUT2D eigenvalue weighted by Gasteiger charge is 2.51. The van der Waals surface area contributed by atoms with Crippen molar-refractivity contribution in [2.75, 3.05) is 13.6 Å². The lowest BCUT2D eigenvalue weighted by Gasteiger charge is -2.32. The van der Waals surface area contributed by atoms with E-state index < -0.39 is 23.9 Å². The molecule has 1 fully saturated rings. The number of carbonyl (C=O) groups excluding carboxylic acids is 1. The van der Waals surface area contributed by atoms with Crippen molar-refractivity contribution in [1.29, 1.82) is 0 Å². The fraction of sp³-hybridized carbons (Fsp3) is 0.632. The van der Waals surface area contributed by atoms with Crippen LogP contribution in [0.4, 0.5) is 0 Å². The zero-order chi connectivity index (χ0) is 19.2. The molecular formula is C19H30BNO4. The van der Waals surface area contributed by atoms with Crippen LogP contribution < -0.4 is 5.46 Å². The molecule has 0 unspecified atom stereocenters. The highest BCUT2D eigenvalue weighted by molar-refractivity contribution is 6.62.